The minimum atomic E-state index is -0.178. The summed E-state index contributed by atoms with van der Waals surface area (Å²) in [6.45, 7) is 0.926. The molecule has 5 heteroatoms. The van der Waals surface area contributed by atoms with Crippen molar-refractivity contribution in [1.29, 1.82) is 0 Å². The molecule has 1 aromatic heterocycles. The van der Waals surface area contributed by atoms with Crippen LogP contribution < -0.4 is 0 Å². The molecule has 0 spiro atoms. The maximum Gasteiger partial charge on any atom is 0.289 e. The van der Waals surface area contributed by atoms with Gasteiger partial charge in [0.05, 0.1) is 18.5 Å². The predicted molar refractivity (Wildman–Crippen MR) is 102 cm³/mol. The van der Waals surface area contributed by atoms with Crippen LogP contribution in [0.5, 0.6) is 0 Å². The SMILES string of the molecule is O=C(c1ccco1)N(Cc1ccccc1)CC1CC(c2ccccc2)=NO1. The summed E-state index contributed by atoms with van der Waals surface area (Å²) in [5, 5.41) is 4.22. The van der Waals surface area contributed by atoms with E-state index in [2.05, 4.69) is 5.16 Å². The average Bonchev–Trinajstić information content (AvgIpc) is 3.41. The van der Waals surface area contributed by atoms with Gasteiger partial charge in [-0.05, 0) is 23.3 Å². The van der Waals surface area contributed by atoms with Crippen molar-refractivity contribution in [3.05, 3.63) is 95.9 Å². The third-order valence-electron chi connectivity index (χ3n) is 4.50. The first-order chi connectivity index (χ1) is 13.3. The van der Waals surface area contributed by atoms with Crippen molar-refractivity contribution in [3.63, 3.8) is 0 Å². The second-order valence-electron chi connectivity index (χ2n) is 6.48. The van der Waals surface area contributed by atoms with Gasteiger partial charge in [-0.1, -0.05) is 65.8 Å². The van der Waals surface area contributed by atoms with Gasteiger partial charge in [0, 0.05) is 13.0 Å². The lowest BCUT2D eigenvalue weighted by atomic mass is 10.0. The van der Waals surface area contributed by atoms with Gasteiger partial charge in [0.15, 0.2) is 11.9 Å². The highest BCUT2D eigenvalue weighted by molar-refractivity contribution is 6.01. The van der Waals surface area contributed by atoms with Crippen LogP contribution in [-0.2, 0) is 11.4 Å². The molecule has 0 radical (unpaired) electrons. The highest BCUT2D eigenvalue weighted by Crippen LogP contribution is 2.20. The van der Waals surface area contributed by atoms with Crippen molar-refractivity contribution < 1.29 is 14.0 Å². The molecule has 136 valence electrons. The van der Waals surface area contributed by atoms with Crippen molar-refractivity contribution in [1.82, 2.24) is 4.90 Å². The van der Waals surface area contributed by atoms with Gasteiger partial charge in [0.25, 0.3) is 5.91 Å². The van der Waals surface area contributed by atoms with Crippen LogP contribution in [0.1, 0.15) is 28.1 Å². The van der Waals surface area contributed by atoms with Crippen LogP contribution in [0.2, 0.25) is 0 Å². The zero-order chi connectivity index (χ0) is 18.5. The number of hydrogen-bond acceptors (Lipinski definition) is 4. The van der Waals surface area contributed by atoms with Gasteiger partial charge < -0.3 is 14.2 Å². The fourth-order valence-electron chi connectivity index (χ4n) is 3.15. The van der Waals surface area contributed by atoms with E-state index in [1.165, 1.54) is 6.26 Å². The van der Waals surface area contributed by atoms with Crippen LogP contribution in [0, 0.1) is 0 Å². The lowest BCUT2D eigenvalue weighted by molar-refractivity contribution is 0.0387. The van der Waals surface area contributed by atoms with Crippen LogP contribution in [0.3, 0.4) is 0 Å². The molecule has 5 nitrogen and oxygen atoms in total. The molecule has 2 heterocycles. The minimum Gasteiger partial charge on any atom is -0.459 e. The van der Waals surface area contributed by atoms with E-state index < -0.39 is 0 Å². The van der Waals surface area contributed by atoms with Gasteiger partial charge in [0.1, 0.15) is 0 Å². The quantitative estimate of drug-likeness (QED) is 0.665. The smallest absolute Gasteiger partial charge is 0.289 e. The van der Waals surface area contributed by atoms with Crippen molar-refractivity contribution in [2.75, 3.05) is 6.54 Å². The number of rotatable bonds is 6. The fourth-order valence-corrected chi connectivity index (χ4v) is 3.15. The minimum absolute atomic E-state index is 0.152. The Balaban J connectivity index is 1.47. The normalized spacial score (nSPS) is 15.9. The summed E-state index contributed by atoms with van der Waals surface area (Å²) in [7, 11) is 0. The third kappa shape index (κ3) is 4.08. The van der Waals surface area contributed by atoms with Crippen LogP contribution in [0.4, 0.5) is 0 Å². The molecule has 1 aliphatic heterocycles. The van der Waals surface area contributed by atoms with Crippen molar-refractivity contribution >= 4 is 11.6 Å². The molecule has 1 atom stereocenters. The van der Waals surface area contributed by atoms with E-state index in [1.54, 1.807) is 17.0 Å². The van der Waals surface area contributed by atoms with E-state index in [-0.39, 0.29) is 12.0 Å². The molecular formula is C22H20N2O3. The molecule has 0 saturated heterocycles. The number of oxime groups is 1. The Morgan fingerprint density at radius 3 is 2.44 bits per heavy atom. The molecule has 1 aliphatic rings. The van der Waals surface area contributed by atoms with Gasteiger partial charge in [-0.15, -0.1) is 0 Å². The predicted octanol–water partition coefficient (Wildman–Crippen LogP) is 4.12. The summed E-state index contributed by atoms with van der Waals surface area (Å²) in [6, 6.07) is 23.3. The molecule has 1 unspecified atom stereocenters. The van der Waals surface area contributed by atoms with E-state index in [9.17, 15) is 4.79 Å². The van der Waals surface area contributed by atoms with E-state index in [0.29, 0.717) is 25.3 Å². The summed E-state index contributed by atoms with van der Waals surface area (Å²) in [5.74, 6) is 0.175. The lowest BCUT2D eigenvalue weighted by Gasteiger charge is -2.24. The molecule has 0 fully saturated rings. The second kappa shape index (κ2) is 7.91. The molecule has 0 bridgehead atoms. The highest BCUT2D eigenvalue weighted by Gasteiger charge is 2.28. The zero-order valence-corrected chi connectivity index (χ0v) is 14.8. The van der Waals surface area contributed by atoms with E-state index >= 15 is 0 Å². The Morgan fingerprint density at radius 1 is 1.00 bits per heavy atom. The van der Waals surface area contributed by atoms with E-state index in [4.69, 9.17) is 9.25 Å². The van der Waals surface area contributed by atoms with Crippen molar-refractivity contribution in [3.8, 4) is 0 Å². The number of amides is 1. The summed E-state index contributed by atoms with van der Waals surface area (Å²) in [4.78, 5) is 20.3. The molecule has 0 saturated carbocycles. The largest absolute Gasteiger partial charge is 0.459 e. The standard InChI is InChI=1S/C22H20N2O3/c25-22(21-12-7-13-26-21)24(15-17-8-3-1-4-9-17)16-19-14-20(23-27-19)18-10-5-2-6-11-18/h1-13,19H,14-16H2. The topological polar surface area (TPSA) is 55.0 Å². The van der Waals surface area contributed by atoms with Gasteiger partial charge in [-0.25, -0.2) is 0 Å². The number of hydrogen-bond donors (Lipinski definition) is 0. The maximum atomic E-state index is 12.9. The lowest BCUT2D eigenvalue weighted by Crippen LogP contribution is -2.37. The van der Waals surface area contributed by atoms with E-state index in [1.807, 2.05) is 60.7 Å². The van der Waals surface area contributed by atoms with Gasteiger partial charge in [-0.3, -0.25) is 4.79 Å². The van der Waals surface area contributed by atoms with Gasteiger partial charge >= 0.3 is 0 Å². The Hall–Kier alpha value is -3.34. The molecule has 0 N–H and O–H groups in total. The second-order valence-corrected chi connectivity index (χ2v) is 6.48. The summed E-state index contributed by atoms with van der Waals surface area (Å²) in [5.41, 5.74) is 3.01. The number of carbonyl (C=O) groups is 1. The van der Waals surface area contributed by atoms with E-state index in [0.717, 1.165) is 16.8 Å². The first-order valence-electron chi connectivity index (χ1n) is 8.94. The molecule has 0 aliphatic carbocycles. The molecule has 27 heavy (non-hydrogen) atoms. The van der Waals surface area contributed by atoms with Crippen molar-refractivity contribution in [2.24, 2.45) is 5.16 Å². The number of nitrogens with zero attached hydrogens (tertiary/aromatic N) is 2. The maximum absolute atomic E-state index is 12.9. The fraction of sp³-hybridized carbons (Fsp3) is 0.182. The monoisotopic (exact) mass is 360 g/mol. The first-order valence-corrected chi connectivity index (χ1v) is 8.94. The number of benzene rings is 2. The molecule has 2 aromatic carbocycles. The summed E-state index contributed by atoms with van der Waals surface area (Å²) in [6.07, 6.45) is 2.00. The van der Waals surface area contributed by atoms with Crippen molar-refractivity contribution in [2.45, 2.75) is 19.1 Å². The first kappa shape index (κ1) is 17.1. The highest BCUT2D eigenvalue weighted by atomic mass is 16.6. The Morgan fingerprint density at radius 2 is 1.74 bits per heavy atom. The van der Waals surface area contributed by atoms with Crippen LogP contribution >= 0.6 is 0 Å². The van der Waals surface area contributed by atoms with Crippen LogP contribution in [0.25, 0.3) is 0 Å². The zero-order valence-electron chi connectivity index (χ0n) is 14.8. The van der Waals surface area contributed by atoms with Gasteiger partial charge in [0.2, 0.25) is 0 Å². The molecule has 3 aromatic rings. The Kier molecular flexibility index (Phi) is 5.01. The number of furan rings is 1. The molecular weight excluding hydrogens is 340 g/mol. The summed E-state index contributed by atoms with van der Waals surface area (Å²) < 4.78 is 5.31. The average molecular weight is 360 g/mol. The van der Waals surface area contributed by atoms with Crippen LogP contribution in [-0.4, -0.2) is 29.2 Å². The Labute approximate surface area is 157 Å². The summed E-state index contributed by atoms with van der Waals surface area (Å²) >= 11 is 0. The van der Waals surface area contributed by atoms with Gasteiger partial charge in [-0.2, -0.15) is 0 Å². The molecule has 1 amide bonds. The molecule has 4 rings (SSSR count). The number of carbonyl (C=O) groups excluding carboxylic acids is 1. The Bertz CT molecular complexity index is 905. The van der Waals surface area contributed by atoms with Crippen LogP contribution in [0.15, 0.2) is 88.6 Å². The third-order valence-corrected chi connectivity index (χ3v) is 4.50.